The van der Waals surface area contributed by atoms with E-state index < -0.39 is 0 Å². The summed E-state index contributed by atoms with van der Waals surface area (Å²) < 4.78 is 0. The van der Waals surface area contributed by atoms with E-state index in [1.54, 1.807) is 11.3 Å². The highest BCUT2D eigenvalue weighted by molar-refractivity contribution is 7.09. The molecule has 0 saturated carbocycles. The molecule has 0 fully saturated rings. The monoisotopic (exact) mass is 277 g/mol. The van der Waals surface area contributed by atoms with Gasteiger partial charge in [-0.2, -0.15) is 9.97 Å². The van der Waals surface area contributed by atoms with Gasteiger partial charge in [0.05, 0.1) is 0 Å². The molecule has 0 radical (unpaired) electrons. The lowest BCUT2D eigenvalue weighted by Crippen LogP contribution is -2.10. The van der Waals surface area contributed by atoms with Crippen LogP contribution in [0, 0.1) is 0 Å². The lowest BCUT2D eigenvalue weighted by atomic mass is 10.3. The van der Waals surface area contributed by atoms with Crippen LogP contribution in [0.5, 0.6) is 0 Å². The number of anilines is 3. The molecule has 2 aromatic heterocycles. The summed E-state index contributed by atoms with van der Waals surface area (Å²) in [6.45, 7) is 3.83. The summed E-state index contributed by atoms with van der Waals surface area (Å²) in [5.74, 6) is 1.83. The smallest absolute Gasteiger partial charge is 0.223 e. The van der Waals surface area contributed by atoms with E-state index in [2.05, 4.69) is 45.0 Å². The van der Waals surface area contributed by atoms with Gasteiger partial charge in [-0.05, 0) is 24.3 Å². The summed E-state index contributed by atoms with van der Waals surface area (Å²) in [5.41, 5.74) is 5.70. The predicted molar refractivity (Wildman–Crippen MR) is 81.7 cm³/mol. The van der Waals surface area contributed by atoms with Crippen molar-refractivity contribution in [2.45, 2.75) is 19.8 Å². The Balaban J connectivity index is 1.90. The Morgan fingerprint density at radius 2 is 1.95 bits per heavy atom. The fraction of sp³-hybridized carbons (Fsp3) is 0.385. The molecule has 2 aromatic rings. The van der Waals surface area contributed by atoms with Gasteiger partial charge in [0, 0.05) is 24.0 Å². The first kappa shape index (κ1) is 13.6. The van der Waals surface area contributed by atoms with Crippen LogP contribution in [-0.4, -0.2) is 23.1 Å². The van der Waals surface area contributed by atoms with Crippen LogP contribution < -0.4 is 16.4 Å². The Kier molecular flexibility index (Phi) is 4.97. The number of hydrogen-bond acceptors (Lipinski definition) is 6. The molecule has 0 saturated heterocycles. The largest absolute Gasteiger partial charge is 0.370 e. The zero-order valence-corrected chi connectivity index (χ0v) is 11.8. The van der Waals surface area contributed by atoms with Crippen LogP contribution >= 0.6 is 11.3 Å². The normalized spacial score (nSPS) is 10.4. The second-order valence-electron chi connectivity index (χ2n) is 4.18. The van der Waals surface area contributed by atoms with Crippen LogP contribution in [0.1, 0.15) is 18.2 Å². The fourth-order valence-corrected chi connectivity index (χ4v) is 2.38. The molecule has 0 amide bonds. The molecule has 102 valence electrons. The van der Waals surface area contributed by atoms with Crippen LogP contribution in [0.4, 0.5) is 17.6 Å². The molecular weight excluding hydrogens is 258 g/mol. The molecular formula is C13H19N5S. The molecule has 4 N–H and O–H groups in total. The molecule has 5 nitrogen and oxygen atoms in total. The molecule has 2 heterocycles. The zero-order valence-electron chi connectivity index (χ0n) is 11.0. The van der Waals surface area contributed by atoms with Crippen molar-refractivity contribution in [3.05, 3.63) is 28.5 Å². The Morgan fingerprint density at radius 3 is 2.58 bits per heavy atom. The molecule has 0 unspecified atom stereocenters. The SMILES string of the molecule is CCCNc1cc(NCCc2cccs2)nc(N)n1. The molecule has 0 aliphatic carbocycles. The minimum Gasteiger partial charge on any atom is -0.370 e. The first-order valence-electron chi connectivity index (χ1n) is 6.42. The van der Waals surface area contributed by atoms with Gasteiger partial charge in [-0.3, -0.25) is 0 Å². The maximum atomic E-state index is 5.70. The minimum absolute atomic E-state index is 0.291. The van der Waals surface area contributed by atoms with Gasteiger partial charge in [-0.25, -0.2) is 0 Å². The van der Waals surface area contributed by atoms with Gasteiger partial charge >= 0.3 is 0 Å². The third-order valence-corrected chi connectivity index (χ3v) is 3.49. The first-order chi connectivity index (χ1) is 9.28. The number of nitrogens with zero attached hydrogens (tertiary/aromatic N) is 2. The summed E-state index contributed by atoms with van der Waals surface area (Å²) in [4.78, 5) is 9.69. The van der Waals surface area contributed by atoms with Gasteiger partial charge in [0.2, 0.25) is 5.95 Å². The lowest BCUT2D eigenvalue weighted by molar-refractivity contribution is 0.963. The lowest BCUT2D eigenvalue weighted by Gasteiger charge is -2.09. The molecule has 19 heavy (non-hydrogen) atoms. The van der Waals surface area contributed by atoms with E-state index in [9.17, 15) is 0 Å². The van der Waals surface area contributed by atoms with Crippen molar-refractivity contribution < 1.29 is 0 Å². The number of nitrogens with one attached hydrogen (secondary N) is 2. The Morgan fingerprint density at radius 1 is 1.21 bits per heavy atom. The second-order valence-corrected chi connectivity index (χ2v) is 5.21. The molecule has 0 spiro atoms. The van der Waals surface area contributed by atoms with Gasteiger partial charge in [0.25, 0.3) is 0 Å². The molecule has 0 bridgehead atoms. The van der Waals surface area contributed by atoms with Gasteiger partial charge in [-0.1, -0.05) is 13.0 Å². The molecule has 6 heteroatoms. The summed E-state index contributed by atoms with van der Waals surface area (Å²) in [6, 6.07) is 6.09. The number of nitrogens with two attached hydrogens (primary N) is 1. The second kappa shape index (κ2) is 6.94. The molecule has 0 atom stereocenters. The third kappa shape index (κ3) is 4.40. The Bertz CT molecular complexity index is 498. The molecule has 0 aliphatic heterocycles. The number of nitrogen functional groups attached to an aromatic ring is 1. The van der Waals surface area contributed by atoms with Gasteiger partial charge in [0.15, 0.2) is 0 Å². The highest BCUT2D eigenvalue weighted by Gasteiger charge is 2.02. The number of aromatic nitrogens is 2. The van der Waals surface area contributed by atoms with Gasteiger partial charge in [0.1, 0.15) is 11.6 Å². The summed E-state index contributed by atoms with van der Waals surface area (Å²) in [6.07, 6.45) is 2.03. The fourth-order valence-electron chi connectivity index (χ4n) is 1.67. The van der Waals surface area contributed by atoms with Crippen molar-refractivity contribution in [2.75, 3.05) is 29.5 Å². The van der Waals surface area contributed by atoms with Crippen molar-refractivity contribution in [1.82, 2.24) is 9.97 Å². The molecule has 0 aliphatic rings. The van der Waals surface area contributed by atoms with Gasteiger partial charge < -0.3 is 16.4 Å². The highest BCUT2D eigenvalue weighted by atomic mass is 32.1. The average molecular weight is 277 g/mol. The van der Waals surface area contributed by atoms with Crippen LogP contribution in [0.25, 0.3) is 0 Å². The van der Waals surface area contributed by atoms with E-state index in [1.165, 1.54) is 4.88 Å². The maximum Gasteiger partial charge on any atom is 0.223 e. The van der Waals surface area contributed by atoms with E-state index in [-0.39, 0.29) is 0 Å². The topological polar surface area (TPSA) is 75.9 Å². The number of hydrogen-bond donors (Lipinski definition) is 3. The third-order valence-electron chi connectivity index (χ3n) is 2.56. The minimum atomic E-state index is 0.291. The maximum absolute atomic E-state index is 5.70. The van der Waals surface area contributed by atoms with Crippen LogP contribution in [0.15, 0.2) is 23.6 Å². The highest BCUT2D eigenvalue weighted by Crippen LogP contribution is 2.13. The van der Waals surface area contributed by atoms with Gasteiger partial charge in [-0.15, -0.1) is 11.3 Å². The summed E-state index contributed by atoms with van der Waals surface area (Å²) >= 11 is 1.77. The average Bonchev–Trinajstić information content (AvgIpc) is 2.89. The van der Waals surface area contributed by atoms with Crippen molar-refractivity contribution in [3.63, 3.8) is 0 Å². The summed E-state index contributed by atoms with van der Waals surface area (Å²) in [5, 5.41) is 8.57. The van der Waals surface area contributed by atoms with Crippen LogP contribution in [-0.2, 0) is 6.42 Å². The van der Waals surface area contributed by atoms with Crippen molar-refractivity contribution in [2.24, 2.45) is 0 Å². The van der Waals surface area contributed by atoms with Crippen molar-refractivity contribution in [3.8, 4) is 0 Å². The number of rotatable bonds is 7. The molecule has 0 aromatic carbocycles. The van der Waals surface area contributed by atoms with E-state index in [0.717, 1.165) is 37.6 Å². The molecule has 2 rings (SSSR count). The van der Waals surface area contributed by atoms with E-state index in [0.29, 0.717) is 5.95 Å². The van der Waals surface area contributed by atoms with E-state index in [1.807, 2.05) is 6.07 Å². The van der Waals surface area contributed by atoms with Crippen molar-refractivity contribution in [1.29, 1.82) is 0 Å². The van der Waals surface area contributed by atoms with E-state index in [4.69, 9.17) is 5.73 Å². The quantitative estimate of drug-likeness (QED) is 0.725. The Labute approximate surface area is 117 Å². The van der Waals surface area contributed by atoms with E-state index >= 15 is 0 Å². The first-order valence-corrected chi connectivity index (χ1v) is 7.30. The number of thiophene rings is 1. The van der Waals surface area contributed by atoms with Crippen LogP contribution in [0.3, 0.4) is 0 Å². The predicted octanol–water partition coefficient (Wildman–Crippen LogP) is 2.60. The van der Waals surface area contributed by atoms with Crippen LogP contribution in [0.2, 0.25) is 0 Å². The summed E-state index contributed by atoms with van der Waals surface area (Å²) in [7, 11) is 0. The standard InChI is InChI=1S/C13H19N5S/c1-2-6-15-11-9-12(18-13(14)17-11)16-7-5-10-4-3-8-19-10/h3-4,8-9H,2,5-7H2,1H3,(H4,14,15,16,17,18). The van der Waals surface area contributed by atoms with Crippen molar-refractivity contribution >= 4 is 28.9 Å². The zero-order chi connectivity index (χ0) is 13.5. The Hall–Kier alpha value is -1.82.